The van der Waals surface area contributed by atoms with Crippen LogP contribution < -0.4 is 5.32 Å². The Bertz CT molecular complexity index is 952. The highest BCUT2D eigenvalue weighted by Crippen LogP contribution is 2.45. The zero-order valence-electron chi connectivity index (χ0n) is 14.0. The molecule has 0 radical (unpaired) electrons. The van der Waals surface area contributed by atoms with E-state index in [1.54, 1.807) is 0 Å². The summed E-state index contributed by atoms with van der Waals surface area (Å²) in [4.78, 5) is 22.3. The number of carbonyl (C=O) groups is 1. The monoisotopic (exact) mass is 476 g/mol. The number of carbonyl (C=O) groups excluding carboxylic acids is 1. The molecule has 15 heteroatoms. The van der Waals surface area contributed by atoms with Gasteiger partial charge in [0, 0.05) is 0 Å². The number of hydrogen-bond donors (Lipinski definition) is 2. The Morgan fingerprint density at radius 2 is 2.00 bits per heavy atom. The summed E-state index contributed by atoms with van der Waals surface area (Å²) in [5.74, 6) is -1.40. The van der Waals surface area contributed by atoms with Gasteiger partial charge in [-0.05, 0) is 6.07 Å². The van der Waals surface area contributed by atoms with Crippen molar-refractivity contribution in [2.45, 2.75) is 6.18 Å². The van der Waals surface area contributed by atoms with E-state index in [1.807, 2.05) is 0 Å². The number of anilines is 1. The summed E-state index contributed by atoms with van der Waals surface area (Å²) >= 11 is 17.5. The molecule has 1 amide bonds. The van der Waals surface area contributed by atoms with Crippen molar-refractivity contribution >= 4 is 52.2 Å². The van der Waals surface area contributed by atoms with E-state index in [2.05, 4.69) is 10.4 Å². The summed E-state index contributed by atoms with van der Waals surface area (Å²) in [7, 11) is 0. The number of aliphatic hydroxyl groups excluding tert-OH is 1. The number of benzene rings is 1. The van der Waals surface area contributed by atoms with E-state index in [-0.39, 0.29) is 13.2 Å². The van der Waals surface area contributed by atoms with Crippen LogP contribution in [0.25, 0.3) is 5.69 Å². The summed E-state index contributed by atoms with van der Waals surface area (Å²) in [5.41, 5.74) is -2.42. The summed E-state index contributed by atoms with van der Waals surface area (Å²) in [6.45, 7) is -1.10. The van der Waals surface area contributed by atoms with Gasteiger partial charge in [-0.2, -0.15) is 18.3 Å². The maximum absolute atomic E-state index is 13.0. The number of nitrogens with one attached hydrogen (secondary N) is 1. The first kappa shape index (κ1) is 23.2. The molecular formula is C14H10Cl3F3N4O5. The number of nitrogens with zero attached hydrogens (tertiary/aromatic N) is 3. The first-order valence-electron chi connectivity index (χ1n) is 7.45. The second-order valence-corrected chi connectivity index (χ2v) is 6.42. The first-order chi connectivity index (χ1) is 13.5. The minimum Gasteiger partial charge on any atom is -0.394 e. The number of aromatic nitrogens is 2. The Hall–Kier alpha value is -2.12. The standard InChI is InChI=1S/C14H10Cl3F3N4O5/c15-7-3-6(14(18,19)20)10(16)11(17)12(7)23-13(8(4-21-23)24(27)28)22-9(26)5-29-2-1-25/h3-4,25H,1-2,5H2,(H,22,26). The van der Waals surface area contributed by atoms with E-state index in [0.29, 0.717) is 10.7 Å². The number of alkyl halides is 3. The highest BCUT2D eigenvalue weighted by Gasteiger charge is 2.37. The zero-order valence-corrected chi connectivity index (χ0v) is 16.2. The van der Waals surface area contributed by atoms with Crippen molar-refractivity contribution in [1.29, 1.82) is 0 Å². The van der Waals surface area contributed by atoms with E-state index in [1.165, 1.54) is 0 Å². The maximum atomic E-state index is 13.0. The van der Waals surface area contributed by atoms with Gasteiger partial charge in [-0.25, -0.2) is 4.68 Å². The molecule has 0 fully saturated rings. The minimum atomic E-state index is -4.86. The first-order valence-corrected chi connectivity index (χ1v) is 8.58. The van der Waals surface area contributed by atoms with E-state index >= 15 is 0 Å². The van der Waals surface area contributed by atoms with Crippen molar-refractivity contribution in [3.8, 4) is 5.69 Å². The van der Waals surface area contributed by atoms with Gasteiger partial charge in [-0.15, -0.1) is 0 Å². The molecule has 0 aliphatic heterocycles. The van der Waals surface area contributed by atoms with Crippen LogP contribution in [0.4, 0.5) is 24.7 Å². The second-order valence-electron chi connectivity index (χ2n) is 5.25. The summed E-state index contributed by atoms with van der Waals surface area (Å²) in [5, 5.41) is 23.5. The number of aliphatic hydroxyl groups is 1. The summed E-state index contributed by atoms with van der Waals surface area (Å²) < 4.78 is 44.6. The molecule has 1 aromatic heterocycles. The molecule has 0 bridgehead atoms. The lowest BCUT2D eigenvalue weighted by Gasteiger charge is -2.16. The van der Waals surface area contributed by atoms with Crippen LogP contribution in [0.5, 0.6) is 0 Å². The fourth-order valence-electron chi connectivity index (χ4n) is 2.14. The van der Waals surface area contributed by atoms with Crippen LogP contribution in [0, 0.1) is 10.1 Å². The largest absolute Gasteiger partial charge is 0.417 e. The minimum absolute atomic E-state index is 0.166. The molecule has 9 nitrogen and oxygen atoms in total. The van der Waals surface area contributed by atoms with Crippen LogP contribution in [0.1, 0.15) is 5.56 Å². The highest BCUT2D eigenvalue weighted by atomic mass is 35.5. The van der Waals surface area contributed by atoms with Crippen LogP contribution >= 0.6 is 34.8 Å². The molecule has 2 rings (SSSR count). The van der Waals surface area contributed by atoms with Gasteiger partial charge in [0.05, 0.1) is 38.8 Å². The zero-order chi connectivity index (χ0) is 21.9. The Labute approximate surface area is 175 Å². The van der Waals surface area contributed by atoms with Crippen molar-refractivity contribution in [3.05, 3.63) is 43.0 Å². The van der Waals surface area contributed by atoms with Crippen LogP contribution in [0.2, 0.25) is 15.1 Å². The van der Waals surface area contributed by atoms with E-state index in [9.17, 15) is 28.1 Å². The van der Waals surface area contributed by atoms with Crippen LogP contribution in [0.15, 0.2) is 12.3 Å². The smallest absolute Gasteiger partial charge is 0.394 e. The molecule has 0 aliphatic carbocycles. The van der Waals surface area contributed by atoms with Gasteiger partial charge in [0.2, 0.25) is 5.82 Å². The molecule has 0 saturated carbocycles. The average Bonchev–Trinajstić information content (AvgIpc) is 3.01. The molecule has 0 spiro atoms. The predicted octanol–water partition coefficient (Wildman–Crippen LogP) is 3.71. The van der Waals surface area contributed by atoms with Crippen LogP contribution in [0.3, 0.4) is 0 Å². The van der Waals surface area contributed by atoms with Crippen molar-refractivity contribution < 1.29 is 32.7 Å². The molecule has 2 aromatic rings. The van der Waals surface area contributed by atoms with Gasteiger partial charge < -0.3 is 15.2 Å². The Balaban J connectivity index is 2.57. The third-order valence-corrected chi connectivity index (χ3v) is 4.47. The van der Waals surface area contributed by atoms with Gasteiger partial charge in [0.1, 0.15) is 18.5 Å². The topological polar surface area (TPSA) is 120 Å². The normalized spacial score (nSPS) is 11.6. The molecule has 1 aromatic carbocycles. The van der Waals surface area contributed by atoms with Gasteiger partial charge in [0.25, 0.3) is 5.91 Å². The predicted molar refractivity (Wildman–Crippen MR) is 96.8 cm³/mol. The fourth-order valence-corrected chi connectivity index (χ4v) is 3.01. The average molecular weight is 478 g/mol. The molecule has 158 valence electrons. The Morgan fingerprint density at radius 1 is 1.34 bits per heavy atom. The summed E-state index contributed by atoms with van der Waals surface area (Å²) in [6.07, 6.45) is -4.12. The third-order valence-electron chi connectivity index (χ3n) is 3.32. The Kier molecular flexibility index (Phi) is 7.30. The number of nitro groups is 1. The van der Waals surface area contributed by atoms with Gasteiger partial charge in [0.15, 0.2) is 0 Å². The molecule has 0 unspecified atom stereocenters. The van der Waals surface area contributed by atoms with Gasteiger partial charge in [-0.1, -0.05) is 34.8 Å². The van der Waals surface area contributed by atoms with Crippen molar-refractivity contribution in [1.82, 2.24) is 9.78 Å². The lowest BCUT2D eigenvalue weighted by atomic mass is 10.2. The lowest BCUT2D eigenvalue weighted by molar-refractivity contribution is -0.384. The number of ether oxygens (including phenoxy) is 1. The molecule has 29 heavy (non-hydrogen) atoms. The second kappa shape index (κ2) is 9.13. The number of rotatable bonds is 7. The molecule has 0 atom stereocenters. The summed E-state index contributed by atoms with van der Waals surface area (Å²) in [6, 6.07) is 0.481. The quantitative estimate of drug-likeness (QED) is 0.272. The number of amides is 1. The Morgan fingerprint density at radius 3 is 2.55 bits per heavy atom. The SMILES string of the molecule is O=C(COCCO)Nc1c([N+](=O)[O-])cnn1-c1c(Cl)cc(C(F)(F)F)c(Cl)c1Cl. The third kappa shape index (κ3) is 5.08. The molecule has 1 heterocycles. The molecule has 2 N–H and O–H groups in total. The van der Waals surface area contributed by atoms with Crippen molar-refractivity contribution in [2.75, 3.05) is 25.1 Å². The van der Waals surface area contributed by atoms with Crippen LogP contribution in [-0.4, -0.2) is 45.5 Å². The van der Waals surface area contributed by atoms with E-state index in [0.717, 1.165) is 6.20 Å². The van der Waals surface area contributed by atoms with Crippen molar-refractivity contribution in [2.24, 2.45) is 0 Å². The highest BCUT2D eigenvalue weighted by molar-refractivity contribution is 6.45. The lowest BCUT2D eigenvalue weighted by Crippen LogP contribution is -2.22. The van der Waals surface area contributed by atoms with Crippen LogP contribution in [-0.2, 0) is 15.7 Å². The van der Waals surface area contributed by atoms with E-state index < -0.39 is 61.4 Å². The number of hydrogen-bond acceptors (Lipinski definition) is 6. The van der Waals surface area contributed by atoms with E-state index in [4.69, 9.17) is 44.6 Å². The number of halogens is 6. The molecule has 0 aliphatic rings. The fraction of sp³-hybridized carbons (Fsp3) is 0.286. The molecular weight excluding hydrogens is 468 g/mol. The molecule has 0 saturated heterocycles. The van der Waals surface area contributed by atoms with Gasteiger partial charge in [-0.3, -0.25) is 14.9 Å². The van der Waals surface area contributed by atoms with Crippen molar-refractivity contribution in [3.63, 3.8) is 0 Å². The maximum Gasteiger partial charge on any atom is 0.417 e. The van der Waals surface area contributed by atoms with Gasteiger partial charge >= 0.3 is 11.9 Å².